The number of carbonyl (C=O) groups excluding carboxylic acids is 2. The van der Waals surface area contributed by atoms with E-state index < -0.39 is 17.6 Å². The average Bonchev–Trinajstić information content (AvgIpc) is 3.40. The smallest absolute Gasteiger partial charge is 0.338 e. The summed E-state index contributed by atoms with van der Waals surface area (Å²) in [5, 5.41) is 0. The lowest BCUT2D eigenvalue weighted by molar-refractivity contribution is -0.139. The quantitative estimate of drug-likeness (QED) is 0.422. The van der Waals surface area contributed by atoms with Gasteiger partial charge >= 0.3 is 5.97 Å². The van der Waals surface area contributed by atoms with Gasteiger partial charge in [0, 0.05) is 12.1 Å². The topological polar surface area (TPSA) is 99.4 Å². The molecular formula is C29H29N3O6S. The maximum Gasteiger partial charge on any atom is 0.338 e. The number of aromatic nitrogens is 1. The second kappa shape index (κ2) is 10.5. The van der Waals surface area contributed by atoms with Crippen LogP contribution in [0, 0.1) is 0 Å². The number of amides is 1. The van der Waals surface area contributed by atoms with Gasteiger partial charge in [0.25, 0.3) is 11.5 Å². The minimum Gasteiger partial charge on any atom is -0.493 e. The van der Waals surface area contributed by atoms with E-state index in [0.717, 1.165) is 23.4 Å². The summed E-state index contributed by atoms with van der Waals surface area (Å²) in [6.45, 7) is 6.16. The van der Waals surface area contributed by atoms with Crippen molar-refractivity contribution in [2.24, 2.45) is 4.99 Å². The summed E-state index contributed by atoms with van der Waals surface area (Å²) in [5.41, 5.74) is 2.76. The number of methoxy groups -OCH3 is 2. The first-order chi connectivity index (χ1) is 18.9. The van der Waals surface area contributed by atoms with Gasteiger partial charge in [0.05, 0.1) is 49.4 Å². The molecule has 2 aromatic carbocycles. The Morgan fingerprint density at radius 3 is 2.49 bits per heavy atom. The number of nitrogens with zero attached hydrogens (tertiary/aromatic N) is 3. The van der Waals surface area contributed by atoms with E-state index >= 15 is 0 Å². The van der Waals surface area contributed by atoms with Crippen LogP contribution in [0.5, 0.6) is 11.5 Å². The molecule has 9 nitrogen and oxygen atoms in total. The van der Waals surface area contributed by atoms with Gasteiger partial charge < -0.3 is 19.1 Å². The molecule has 3 heterocycles. The van der Waals surface area contributed by atoms with E-state index in [0.29, 0.717) is 45.2 Å². The predicted octanol–water partition coefficient (Wildman–Crippen LogP) is 2.94. The Hall–Kier alpha value is -4.18. The van der Waals surface area contributed by atoms with Crippen LogP contribution < -0.4 is 29.3 Å². The molecule has 0 saturated carbocycles. The van der Waals surface area contributed by atoms with Gasteiger partial charge in [-0.05, 0) is 44.0 Å². The summed E-state index contributed by atoms with van der Waals surface area (Å²) in [7, 11) is 3.06. The van der Waals surface area contributed by atoms with Crippen molar-refractivity contribution in [1.82, 2.24) is 4.57 Å². The molecule has 2 aliphatic heterocycles. The third-order valence-electron chi connectivity index (χ3n) is 6.81. The fraction of sp³-hybridized carbons (Fsp3) is 0.310. The number of anilines is 1. The molecule has 1 unspecified atom stereocenters. The third kappa shape index (κ3) is 4.24. The number of para-hydroxylation sites is 1. The van der Waals surface area contributed by atoms with Crippen LogP contribution in [0.2, 0.25) is 0 Å². The lowest BCUT2D eigenvalue weighted by Gasteiger charge is -2.25. The lowest BCUT2D eigenvalue weighted by atomic mass is 9.95. The van der Waals surface area contributed by atoms with E-state index in [4.69, 9.17) is 14.2 Å². The molecule has 0 radical (unpaired) electrons. The molecule has 0 fully saturated rings. The zero-order chi connectivity index (χ0) is 27.8. The average molecular weight is 548 g/mol. The van der Waals surface area contributed by atoms with Crippen LogP contribution in [0.25, 0.3) is 5.57 Å². The Labute approximate surface area is 229 Å². The molecular weight excluding hydrogens is 518 g/mol. The highest BCUT2D eigenvalue weighted by molar-refractivity contribution is 7.07. The van der Waals surface area contributed by atoms with Gasteiger partial charge in [0.15, 0.2) is 16.3 Å². The molecule has 5 rings (SSSR count). The number of rotatable bonds is 7. The van der Waals surface area contributed by atoms with E-state index in [2.05, 4.69) is 4.99 Å². The van der Waals surface area contributed by atoms with Gasteiger partial charge in [-0.3, -0.25) is 14.2 Å². The number of thiazole rings is 1. The molecule has 3 aromatic rings. The van der Waals surface area contributed by atoms with E-state index in [1.54, 1.807) is 36.9 Å². The summed E-state index contributed by atoms with van der Waals surface area (Å²) in [6, 6.07) is 11.9. The van der Waals surface area contributed by atoms with Crippen molar-refractivity contribution < 1.29 is 23.8 Å². The first-order valence-corrected chi connectivity index (χ1v) is 13.5. The van der Waals surface area contributed by atoms with E-state index in [1.807, 2.05) is 31.2 Å². The van der Waals surface area contributed by atoms with Crippen molar-refractivity contribution in [3.63, 3.8) is 0 Å². The van der Waals surface area contributed by atoms with Gasteiger partial charge in [-0.25, -0.2) is 9.79 Å². The van der Waals surface area contributed by atoms with Crippen molar-refractivity contribution >= 4 is 34.5 Å². The molecule has 1 aromatic heterocycles. The summed E-state index contributed by atoms with van der Waals surface area (Å²) < 4.78 is 18.0. The Bertz CT molecular complexity index is 1700. The highest BCUT2D eigenvalue weighted by Gasteiger charge is 2.37. The van der Waals surface area contributed by atoms with Crippen LogP contribution in [0.1, 0.15) is 44.4 Å². The zero-order valence-electron chi connectivity index (χ0n) is 22.4. The summed E-state index contributed by atoms with van der Waals surface area (Å²) in [6.07, 6.45) is 0.774. The van der Waals surface area contributed by atoms with Crippen LogP contribution in [0.3, 0.4) is 0 Å². The first kappa shape index (κ1) is 26.4. The van der Waals surface area contributed by atoms with Crippen molar-refractivity contribution in [1.29, 1.82) is 0 Å². The van der Waals surface area contributed by atoms with Gasteiger partial charge in [-0.2, -0.15) is 0 Å². The number of allylic oxidation sites excluding steroid dienone is 1. The third-order valence-corrected chi connectivity index (χ3v) is 7.87. The molecule has 0 saturated heterocycles. The van der Waals surface area contributed by atoms with E-state index in [9.17, 15) is 14.4 Å². The van der Waals surface area contributed by atoms with Crippen LogP contribution in [-0.4, -0.2) is 43.8 Å². The monoisotopic (exact) mass is 547 g/mol. The predicted molar refractivity (Wildman–Crippen MR) is 148 cm³/mol. The van der Waals surface area contributed by atoms with E-state index in [1.165, 1.54) is 18.8 Å². The molecule has 1 atom stereocenters. The standard InChI is InChI=1S/C29H29N3O6S/c1-6-14-31-19-11-9-8-10-18(19)23(26(31)33)25-27(34)32-24(17-12-13-20(36-4)21(15-17)37-5)22(28(35)38-7-2)16(3)30-29(32)39-25/h8-13,15,24H,6-7,14H2,1-5H3. The van der Waals surface area contributed by atoms with Gasteiger partial charge in [-0.1, -0.05) is 42.5 Å². The van der Waals surface area contributed by atoms with Crippen LogP contribution in [-0.2, 0) is 14.3 Å². The summed E-state index contributed by atoms with van der Waals surface area (Å²) in [4.78, 5) is 47.8. The normalized spacial score (nSPS) is 17.5. The molecule has 1 amide bonds. The Morgan fingerprint density at radius 2 is 1.79 bits per heavy atom. The molecule has 0 spiro atoms. The molecule has 39 heavy (non-hydrogen) atoms. The van der Waals surface area contributed by atoms with Crippen molar-refractivity contribution in [2.45, 2.75) is 33.2 Å². The van der Waals surface area contributed by atoms with Crippen LogP contribution in [0.4, 0.5) is 5.69 Å². The fourth-order valence-corrected chi connectivity index (χ4v) is 6.26. The van der Waals surface area contributed by atoms with Crippen LogP contribution in [0.15, 0.2) is 63.5 Å². The SMILES string of the molecule is CCCN1C(=O)C(=c2sc3n(c2=O)C(c2ccc(OC)c(OC)c2)C(C(=O)OCC)=C(C)N=3)c2ccccc21. The van der Waals surface area contributed by atoms with Crippen molar-refractivity contribution in [3.8, 4) is 11.5 Å². The van der Waals surface area contributed by atoms with Gasteiger partial charge in [0.2, 0.25) is 0 Å². The summed E-state index contributed by atoms with van der Waals surface area (Å²) >= 11 is 1.15. The van der Waals surface area contributed by atoms with E-state index in [-0.39, 0.29) is 22.6 Å². The Balaban J connectivity index is 1.81. The number of esters is 1. The van der Waals surface area contributed by atoms with Gasteiger partial charge in [-0.15, -0.1) is 0 Å². The van der Waals surface area contributed by atoms with Crippen molar-refractivity contribution in [2.75, 3.05) is 32.3 Å². The highest BCUT2D eigenvalue weighted by atomic mass is 32.1. The minimum absolute atomic E-state index is 0.168. The maximum atomic E-state index is 14.2. The first-order valence-electron chi connectivity index (χ1n) is 12.7. The molecule has 2 aliphatic rings. The second-order valence-electron chi connectivity index (χ2n) is 9.09. The second-order valence-corrected chi connectivity index (χ2v) is 10.1. The zero-order valence-corrected chi connectivity index (χ0v) is 23.3. The molecule has 0 aliphatic carbocycles. The number of hydrogen-bond donors (Lipinski definition) is 0. The lowest BCUT2D eigenvalue weighted by Crippen LogP contribution is -2.41. The largest absolute Gasteiger partial charge is 0.493 e. The number of ether oxygens (including phenoxy) is 3. The molecule has 0 bridgehead atoms. The minimum atomic E-state index is -0.840. The molecule has 202 valence electrons. The number of fused-ring (bicyclic) bond motifs is 2. The Kier molecular flexibility index (Phi) is 7.14. The highest BCUT2D eigenvalue weighted by Crippen LogP contribution is 2.37. The number of hydrogen-bond acceptors (Lipinski definition) is 8. The Morgan fingerprint density at radius 1 is 1.05 bits per heavy atom. The number of benzene rings is 2. The molecule has 10 heteroatoms. The number of carbonyl (C=O) groups is 2. The maximum absolute atomic E-state index is 14.2. The van der Waals surface area contributed by atoms with Crippen molar-refractivity contribution in [3.05, 3.63) is 84.5 Å². The fourth-order valence-electron chi connectivity index (χ4n) is 5.13. The van der Waals surface area contributed by atoms with Gasteiger partial charge in [0.1, 0.15) is 4.53 Å². The molecule has 0 N–H and O–H groups in total. The van der Waals surface area contributed by atoms with Crippen LogP contribution >= 0.6 is 11.3 Å². The summed E-state index contributed by atoms with van der Waals surface area (Å²) in [5.74, 6) is 0.187.